The van der Waals surface area contributed by atoms with E-state index in [-0.39, 0.29) is 6.42 Å². The molecule has 1 unspecified atom stereocenters. The molecule has 0 saturated heterocycles. The lowest BCUT2D eigenvalue weighted by Crippen LogP contribution is -2.21. The van der Waals surface area contributed by atoms with Gasteiger partial charge in [0.15, 0.2) is 0 Å². The third kappa shape index (κ3) is 5.01. The van der Waals surface area contributed by atoms with Gasteiger partial charge in [-0.1, -0.05) is 6.92 Å². The maximum Gasteiger partial charge on any atom is 0.308 e. The molecule has 1 atom stereocenters. The molecule has 2 N–H and O–H groups in total. The lowest BCUT2D eigenvalue weighted by molar-refractivity contribution is -0.136. The molecule has 0 aliphatic rings. The maximum absolute atomic E-state index is 10.5. The van der Waals surface area contributed by atoms with Crippen molar-refractivity contribution in [2.24, 2.45) is 0 Å². The highest BCUT2D eigenvalue weighted by molar-refractivity contribution is 7.99. The summed E-state index contributed by atoms with van der Waals surface area (Å²) in [6, 6.07) is 3.90. The number of thiophene rings is 1. The Morgan fingerprint density at radius 3 is 2.88 bits per heavy atom. The Morgan fingerprint density at radius 1 is 1.56 bits per heavy atom. The van der Waals surface area contributed by atoms with E-state index in [4.69, 9.17) is 5.11 Å². The van der Waals surface area contributed by atoms with Gasteiger partial charge in [0.05, 0.1) is 6.42 Å². The summed E-state index contributed by atoms with van der Waals surface area (Å²) in [7, 11) is 0. The largest absolute Gasteiger partial charge is 0.481 e. The van der Waals surface area contributed by atoms with E-state index in [9.17, 15) is 4.79 Å². The molecule has 0 aliphatic carbocycles. The van der Waals surface area contributed by atoms with Gasteiger partial charge in [-0.2, -0.15) is 11.8 Å². The van der Waals surface area contributed by atoms with E-state index < -0.39 is 5.97 Å². The van der Waals surface area contributed by atoms with Crippen molar-refractivity contribution >= 4 is 29.1 Å². The third-order valence-corrected chi connectivity index (χ3v) is 4.23. The molecule has 1 rings (SSSR count). The van der Waals surface area contributed by atoms with Crippen molar-refractivity contribution in [1.29, 1.82) is 0 Å². The summed E-state index contributed by atoms with van der Waals surface area (Å²) in [6.07, 6.45) is 2.23. The SMILES string of the molecule is CSC(C)CNCc1ccc(CC(=O)O)s1. The Hall–Kier alpha value is -0.520. The van der Waals surface area contributed by atoms with Gasteiger partial charge in [-0.25, -0.2) is 0 Å². The summed E-state index contributed by atoms with van der Waals surface area (Å²) in [4.78, 5) is 12.6. The van der Waals surface area contributed by atoms with Crippen LogP contribution in [-0.2, 0) is 17.8 Å². The van der Waals surface area contributed by atoms with Gasteiger partial charge >= 0.3 is 5.97 Å². The van der Waals surface area contributed by atoms with Crippen LogP contribution in [0.3, 0.4) is 0 Å². The fraction of sp³-hybridized carbons (Fsp3) is 0.545. The van der Waals surface area contributed by atoms with E-state index in [1.807, 2.05) is 23.9 Å². The van der Waals surface area contributed by atoms with Crippen LogP contribution in [0.15, 0.2) is 12.1 Å². The van der Waals surface area contributed by atoms with Gasteiger partial charge < -0.3 is 10.4 Å². The fourth-order valence-electron chi connectivity index (χ4n) is 1.24. The minimum Gasteiger partial charge on any atom is -0.481 e. The molecule has 0 spiro atoms. The number of aliphatic carboxylic acids is 1. The van der Waals surface area contributed by atoms with E-state index in [1.165, 1.54) is 4.88 Å². The van der Waals surface area contributed by atoms with Crippen molar-refractivity contribution in [2.75, 3.05) is 12.8 Å². The minimum absolute atomic E-state index is 0.131. The second-order valence-corrected chi connectivity index (χ2v) is 6.14. The van der Waals surface area contributed by atoms with E-state index >= 15 is 0 Å². The van der Waals surface area contributed by atoms with Gasteiger partial charge in [0, 0.05) is 28.1 Å². The van der Waals surface area contributed by atoms with Crippen LogP contribution >= 0.6 is 23.1 Å². The van der Waals surface area contributed by atoms with Crippen LogP contribution in [0, 0.1) is 0 Å². The predicted molar refractivity (Wildman–Crippen MR) is 70.3 cm³/mol. The third-order valence-electron chi connectivity index (χ3n) is 2.18. The van der Waals surface area contributed by atoms with Crippen molar-refractivity contribution in [3.63, 3.8) is 0 Å². The molecular weight excluding hydrogens is 242 g/mol. The number of hydrogen-bond acceptors (Lipinski definition) is 4. The zero-order valence-electron chi connectivity index (χ0n) is 9.53. The van der Waals surface area contributed by atoms with Gasteiger partial charge in [-0.3, -0.25) is 4.79 Å². The standard InChI is InChI=1S/C11H17NO2S2/c1-8(15-2)6-12-7-10-4-3-9(16-10)5-11(13)14/h3-4,8,12H,5-7H2,1-2H3,(H,13,14). The number of thioether (sulfide) groups is 1. The monoisotopic (exact) mass is 259 g/mol. The van der Waals surface area contributed by atoms with Crippen LogP contribution in [0.25, 0.3) is 0 Å². The molecule has 5 heteroatoms. The molecule has 3 nitrogen and oxygen atoms in total. The lowest BCUT2D eigenvalue weighted by Gasteiger charge is -2.08. The molecule has 0 aromatic carbocycles. The van der Waals surface area contributed by atoms with Gasteiger partial charge in [-0.05, 0) is 18.4 Å². The first kappa shape index (κ1) is 13.5. The van der Waals surface area contributed by atoms with Crippen molar-refractivity contribution in [1.82, 2.24) is 5.32 Å². The maximum atomic E-state index is 10.5. The Bertz CT molecular complexity index is 338. The second kappa shape index (κ2) is 6.93. The molecule has 0 aliphatic heterocycles. The van der Waals surface area contributed by atoms with Crippen LogP contribution in [0.5, 0.6) is 0 Å². The molecule has 0 amide bonds. The molecule has 0 fully saturated rings. The van der Waals surface area contributed by atoms with E-state index in [2.05, 4.69) is 18.5 Å². The lowest BCUT2D eigenvalue weighted by atomic mass is 10.3. The zero-order chi connectivity index (χ0) is 12.0. The number of rotatable bonds is 7. The number of nitrogens with one attached hydrogen (secondary N) is 1. The molecule has 90 valence electrons. The average Bonchev–Trinajstić information content (AvgIpc) is 2.64. The smallest absolute Gasteiger partial charge is 0.308 e. The summed E-state index contributed by atoms with van der Waals surface area (Å²) >= 11 is 3.41. The summed E-state index contributed by atoms with van der Waals surface area (Å²) < 4.78 is 0. The molecule has 16 heavy (non-hydrogen) atoms. The van der Waals surface area contributed by atoms with Gasteiger partial charge in [-0.15, -0.1) is 11.3 Å². The van der Waals surface area contributed by atoms with Gasteiger partial charge in [0.2, 0.25) is 0 Å². The van der Waals surface area contributed by atoms with Gasteiger partial charge in [0.1, 0.15) is 0 Å². The number of carboxylic acid groups (broad SMARTS) is 1. The van der Waals surface area contributed by atoms with Crippen LogP contribution < -0.4 is 5.32 Å². The first-order valence-corrected chi connectivity index (χ1v) is 7.25. The second-order valence-electron chi connectivity index (χ2n) is 3.62. The van der Waals surface area contributed by atoms with Crippen molar-refractivity contribution < 1.29 is 9.90 Å². The topological polar surface area (TPSA) is 49.3 Å². The highest BCUT2D eigenvalue weighted by atomic mass is 32.2. The molecule has 1 heterocycles. The van der Waals surface area contributed by atoms with Gasteiger partial charge in [0.25, 0.3) is 0 Å². The molecule has 0 bridgehead atoms. The molecule has 0 radical (unpaired) electrons. The zero-order valence-corrected chi connectivity index (χ0v) is 11.2. The first-order valence-electron chi connectivity index (χ1n) is 5.14. The number of hydrogen-bond donors (Lipinski definition) is 2. The van der Waals surface area contributed by atoms with E-state index in [0.29, 0.717) is 5.25 Å². The van der Waals surface area contributed by atoms with Crippen LogP contribution in [-0.4, -0.2) is 29.1 Å². The Morgan fingerprint density at radius 2 is 2.25 bits per heavy atom. The molecule has 1 aromatic rings. The summed E-state index contributed by atoms with van der Waals surface area (Å²) in [5.41, 5.74) is 0. The Kier molecular flexibility index (Phi) is 5.87. The minimum atomic E-state index is -0.766. The van der Waals surface area contributed by atoms with Crippen molar-refractivity contribution in [3.8, 4) is 0 Å². The first-order chi connectivity index (χ1) is 7.61. The molecule has 1 aromatic heterocycles. The van der Waals surface area contributed by atoms with Crippen LogP contribution in [0.2, 0.25) is 0 Å². The molecular formula is C11H17NO2S2. The highest BCUT2D eigenvalue weighted by Gasteiger charge is 2.05. The number of carboxylic acids is 1. The average molecular weight is 259 g/mol. The summed E-state index contributed by atoms with van der Waals surface area (Å²) in [5, 5.41) is 12.6. The Labute approximate surface area is 104 Å². The number of carbonyl (C=O) groups is 1. The van der Waals surface area contributed by atoms with Crippen LogP contribution in [0.4, 0.5) is 0 Å². The quantitative estimate of drug-likeness (QED) is 0.788. The molecule has 0 saturated carbocycles. The Balaban J connectivity index is 2.32. The van der Waals surface area contributed by atoms with E-state index in [1.54, 1.807) is 11.3 Å². The summed E-state index contributed by atoms with van der Waals surface area (Å²) in [6.45, 7) is 3.99. The fourth-order valence-corrected chi connectivity index (χ4v) is 2.51. The van der Waals surface area contributed by atoms with Crippen molar-refractivity contribution in [3.05, 3.63) is 21.9 Å². The summed E-state index contributed by atoms with van der Waals surface area (Å²) in [5.74, 6) is -0.766. The van der Waals surface area contributed by atoms with Crippen molar-refractivity contribution in [2.45, 2.75) is 25.1 Å². The highest BCUT2D eigenvalue weighted by Crippen LogP contribution is 2.17. The normalized spacial score (nSPS) is 12.6. The van der Waals surface area contributed by atoms with Crippen LogP contribution in [0.1, 0.15) is 16.7 Å². The predicted octanol–water partition coefficient (Wildman–Crippen LogP) is 2.22. The van der Waals surface area contributed by atoms with E-state index in [0.717, 1.165) is 18.0 Å².